The average Bonchev–Trinajstić information content (AvgIpc) is 3.18. The maximum Gasteiger partial charge on any atom is 0.255 e. The highest BCUT2D eigenvalue weighted by atomic mass is 79.9. The molecule has 0 aliphatic heterocycles. The van der Waals surface area contributed by atoms with Crippen LogP contribution in [0.1, 0.15) is 22.8 Å². The molecule has 25 heavy (non-hydrogen) atoms. The molecule has 3 heterocycles. The van der Waals surface area contributed by atoms with Gasteiger partial charge in [-0.3, -0.25) is 9.78 Å². The molecular weight excluding hydrogens is 406 g/mol. The molecule has 0 spiro atoms. The third-order valence-corrected chi connectivity index (χ3v) is 4.91. The lowest BCUT2D eigenvalue weighted by atomic mass is 10.2. The summed E-state index contributed by atoms with van der Waals surface area (Å²) >= 11 is 5.07. The van der Waals surface area contributed by atoms with Crippen LogP contribution in [0.25, 0.3) is 0 Å². The number of thioether (sulfide) groups is 1. The molecule has 0 bridgehead atoms. The van der Waals surface area contributed by atoms with Gasteiger partial charge in [-0.05, 0) is 22.9 Å². The minimum absolute atomic E-state index is 0.162. The number of rotatable bonds is 8. The first-order valence-electron chi connectivity index (χ1n) is 7.70. The van der Waals surface area contributed by atoms with E-state index >= 15 is 0 Å². The normalized spacial score (nSPS) is 11.0. The molecule has 0 radical (unpaired) electrons. The lowest BCUT2D eigenvalue weighted by molar-refractivity contribution is 0.958. The predicted octanol–water partition coefficient (Wildman–Crippen LogP) is 2.22. The molecule has 0 aliphatic rings. The van der Waals surface area contributed by atoms with Gasteiger partial charge in [0.05, 0.1) is 18.2 Å². The topological polar surface area (TPSA) is 115 Å². The average molecular weight is 424 g/mol. The summed E-state index contributed by atoms with van der Waals surface area (Å²) in [6, 6.07) is 0. The summed E-state index contributed by atoms with van der Waals surface area (Å²) in [5, 5.41) is 3.13. The van der Waals surface area contributed by atoms with E-state index < -0.39 is 0 Å². The SMILES string of the molecule is Cc1[nH]cnc1CSCCNc1ncc(Cc2ncc(Br)[nH]2)c(=O)[nH]1. The Balaban J connectivity index is 1.46. The summed E-state index contributed by atoms with van der Waals surface area (Å²) < 4.78 is 0.785. The number of halogens is 1. The monoisotopic (exact) mass is 423 g/mol. The van der Waals surface area contributed by atoms with Crippen LogP contribution in [-0.2, 0) is 12.2 Å². The van der Waals surface area contributed by atoms with E-state index in [0.29, 0.717) is 30.3 Å². The number of aromatic nitrogens is 6. The van der Waals surface area contributed by atoms with Crippen molar-refractivity contribution in [3.8, 4) is 0 Å². The van der Waals surface area contributed by atoms with E-state index in [1.165, 1.54) is 0 Å². The van der Waals surface area contributed by atoms with Crippen LogP contribution in [0.4, 0.5) is 5.95 Å². The molecule has 3 aromatic heterocycles. The fourth-order valence-electron chi connectivity index (χ4n) is 2.19. The first-order valence-corrected chi connectivity index (χ1v) is 9.64. The minimum Gasteiger partial charge on any atom is -0.355 e. The number of nitrogens with one attached hydrogen (secondary N) is 4. The van der Waals surface area contributed by atoms with Crippen LogP contribution >= 0.6 is 27.7 Å². The van der Waals surface area contributed by atoms with Crippen LogP contribution < -0.4 is 10.9 Å². The molecule has 0 amide bonds. The number of aromatic amines is 3. The zero-order chi connectivity index (χ0) is 17.6. The van der Waals surface area contributed by atoms with Gasteiger partial charge in [-0.2, -0.15) is 11.8 Å². The fraction of sp³-hybridized carbons (Fsp3) is 0.333. The molecule has 3 aromatic rings. The van der Waals surface area contributed by atoms with Gasteiger partial charge in [-0.15, -0.1) is 0 Å². The largest absolute Gasteiger partial charge is 0.355 e. The second-order valence-corrected chi connectivity index (χ2v) is 7.35. The van der Waals surface area contributed by atoms with Crippen molar-refractivity contribution < 1.29 is 0 Å². The molecule has 0 aliphatic carbocycles. The smallest absolute Gasteiger partial charge is 0.255 e. The van der Waals surface area contributed by atoms with Crippen LogP contribution in [0.2, 0.25) is 0 Å². The van der Waals surface area contributed by atoms with Crippen LogP contribution in [-0.4, -0.2) is 42.2 Å². The number of hydrogen-bond acceptors (Lipinski definition) is 6. The van der Waals surface area contributed by atoms with E-state index in [9.17, 15) is 4.79 Å². The van der Waals surface area contributed by atoms with Crippen LogP contribution in [0.5, 0.6) is 0 Å². The van der Waals surface area contributed by atoms with E-state index in [2.05, 4.69) is 51.2 Å². The highest BCUT2D eigenvalue weighted by Gasteiger charge is 2.07. The van der Waals surface area contributed by atoms with Gasteiger partial charge < -0.3 is 15.3 Å². The van der Waals surface area contributed by atoms with Crippen molar-refractivity contribution >= 4 is 33.6 Å². The number of imidazole rings is 2. The van der Waals surface area contributed by atoms with Gasteiger partial charge >= 0.3 is 0 Å². The van der Waals surface area contributed by atoms with Gasteiger partial charge in [0.1, 0.15) is 10.4 Å². The Hall–Kier alpha value is -2.07. The number of anilines is 1. The zero-order valence-electron chi connectivity index (χ0n) is 13.6. The predicted molar refractivity (Wildman–Crippen MR) is 102 cm³/mol. The fourth-order valence-corrected chi connectivity index (χ4v) is 3.39. The van der Waals surface area contributed by atoms with Gasteiger partial charge in [0.25, 0.3) is 5.56 Å². The molecule has 0 atom stereocenters. The molecule has 0 unspecified atom stereocenters. The molecule has 132 valence electrons. The molecule has 3 rings (SSSR count). The summed E-state index contributed by atoms with van der Waals surface area (Å²) in [6.07, 6.45) is 5.36. The second-order valence-electron chi connectivity index (χ2n) is 5.39. The molecule has 8 nitrogen and oxygen atoms in total. The Morgan fingerprint density at radius 1 is 1.24 bits per heavy atom. The van der Waals surface area contributed by atoms with E-state index in [1.807, 2.05) is 6.92 Å². The minimum atomic E-state index is -0.162. The molecule has 4 N–H and O–H groups in total. The summed E-state index contributed by atoms with van der Waals surface area (Å²) in [4.78, 5) is 33.7. The molecule has 0 saturated heterocycles. The molecule has 0 aromatic carbocycles. The van der Waals surface area contributed by atoms with Gasteiger partial charge in [0, 0.05) is 41.9 Å². The summed E-state index contributed by atoms with van der Waals surface area (Å²) in [5.41, 5.74) is 2.58. The van der Waals surface area contributed by atoms with Crippen molar-refractivity contribution in [1.29, 1.82) is 0 Å². The number of H-pyrrole nitrogens is 3. The van der Waals surface area contributed by atoms with Crippen LogP contribution in [0.15, 0.2) is 28.1 Å². The summed E-state index contributed by atoms with van der Waals surface area (Å²) in [5.74, 6) is 2.94. The summed E-state index contributed by atoms with van der Waals surface area (Å²) in [6.45, 7) is 2.72. The second kappa shape index (κ2) is 8.34. The van der Waals surface area contributed by atoms with E-state index in [0.717, 1.165) is 27.5 Å². The standard InChI is InChI=1S/C15H18BrN7OS/c1-9-11(21-8-20-9)7-25-3-2-17-15-19-5-10(14(24)23-15)4-13-18-6-12(16)22-13/h5-6,8H,2-4,7H2,1H3,(H,18,22)(H,20,21)(H2,17,19,23,24). The van der Waals surface area contributed by atoms with Crippen LogP contribution in [0.3, 0.4) is 0 Å². The lowest BCUT2D eigenvalue weighted by Crippen LogP contribution is -2.18. The lowest BCUT2D eigenvalue weighted by Gasteiger charge is -2.06. The molecule has 0 saturated carbocycles. The van der Waals surface area contributed by atoms with E-state index in [4.69, 9.17) is 0 Å². The third-order valence-electron chi connectivity index (χ3n) is 3.54. The Morgan fingerprint density at radius 3 is 2.80 bits per heavy atom. The number of aryl methyl sites for hydroxylation is 1. The van der Waals surface area contributed by atoms with E-state index in [1.54, 1.807) is 30.5 Å². The zero-order valence-corrected chi connectivity index (χ0v) is 16.0. The first-order chi connectivity index (χ1) is 12.1. The van der Waals surface area contributed by atoms with Gasteiger partial charge in [-0.1, -0.05) is 0 Å². The van der Waals surface area contributed by atoms with Crippen molar-refractivity contribution in [2.24, 2.45) is 0 Å². The van der Waals surface area contributed by atoms with Gasteiger partial charge in [0.15, 0.2) is 0 Å². The quantitative estimate of drug-likeness (QED) is 0.413. The van der Waals surface area contributed by atoms with Crippen molar-refractivity contribution in [2.75, 3.05) is 17.6 Å². The number of hydrogen-bond donors (Lipinski definition) is 4. The maximum atomic E-state index is 12.1. The van der Waals surface area contributed by atoms with Crippen LogP contribution in [0, 0.1) is 6.92 Å². The van der Waals surface area contributed by atoms with Gasteiger partial charge in [-0.25, -0.2) is 15.0 Å². The Bertz CT molecular complexity index is 888. The maximum absolute atomic E-state index is 12.1. The third kappa shape index (κ3) is 4.95. The van der Waals surface area contributed by atoms with Crippen molar-refractivity contribution in [2.45, 2.75) is 19.1 Å². The number of nitrogens with zero attached hydrogens (tertiary/aromatic N) is 3. The van der Waals surface area contributed by atoms with Crippen molar-refractivity contribution in [3.63, 3.8) is 0 Å². The van der Waals surface area contributed by atoms with Crippen molar-refractivity contribution in [3.05, 3.63) is 56.5 Å². The molecule has 10 heteroatoms. The molecule has 0 fully saturated rings. The van der Waals surface area contributed by atoms with Gasteiger partial charge in [0.2, 0.25) is 5.95 Å². The Kier molecular flexibility index (Phi) is 5.92. The highest BCUT2D eigenvalue weighted by Crippen LogP contribution is 2.12. The first kappa shape index (κ1) is 17.7. The molecular formula is C15H18BrN7OS. The highest BCUT2D eigenvalue weighted by molar-refractivity contribution is 9.10. The Morgan fingerprint density at radius 2 is 2.12 bits per heavy atom. The summed E-state index contributed by atoms with van der Waals surface area (Å²) in [7, 11) is 0. The Labute approximate surface area is 156 Å². The van der Waals surface area contributed by atoms with Crippen molar-refractivity contribution in [1.82, 2.24) is 29.9 Å². The van der Waals surface area contributed by atoms with E-state index in [-0.39, 0.29) is 5.56 Å².